The van der Waals surface area contributed by atoms with Crippen LogP contribution in [0, 0.1) is 5.92 Å². The van der Waals surface area contributed by atoms with Gasteiger partial charge in [0, 0.05) is 23.9 Å². The van der Waals surface area contributed by atoms with Crippen LogP contribution in [0.4, 0.5) is 0 Å². The molecule has 0 radical (unpaired) electrons. The number of fused-ring (bicyclic) bond motifs is 1. The average Bonchev–Trinajstić information content (AvgIpc) is 2.55. The summed E-state index contributed by atoms with van der Waals surface area (Å²) in [6.45, 7) is 5.80. The molecule has 23 heavy (non-hydrogen) atoms. The highest BCUT2D eigenvalue weighted by molar-refractivity contribution is 7.89. The minimum absolute atomic E-state index is 0.380. The van der Waals surface area contributed by atoms with E-state index in [-0.39, 0.29) is 0 Å². The predicted octanol–water partition coefficient (Wildman–Crippen LogP) is 3.66. The van der Waals surface area contributed by atoms with Crippen LogP contribution in [-0.2, 0) is 10.0 Å². The van der Waals surface area contributed by atoms with Crippen LogP contribution >= 0.6 is 0 Å². The van der Waals surface area contributed by atoms with E-state index in [4.69, 9.17) is 4.74 Å². The summed E-state index contributed by atoms with van der Waals surface area (Å²) < 4.78 is 33.5. The SMILES string of the molecule is CCOc1ccc(S(=O)(=O)N2CCC[C@H](C)C2)c2ccccc12. The molecule has 1 atom stereocenters. The molecule has 124 valence electrons. The van der Waals surface area contributed by atoms with E-state index in [1.165, 1.54) is 0 Å². The van der Waals surface area contributed by atoms with Gasteiger partial charge in [0.1, 0.15) is 5.75 Å². The van der Waals surface area contributed by atoms with Gasteiger partial charge in [0.25, 0.3) is 0 Å². The van der Waals surface area contributed by atoms with Crippen molar-refractivity contribution in [3.05, 3.63) is 36.4 Å². The van der Waals surface area contributed by atoms with E-state index >= 15 is 0 Å². The Bertz CT molecular complexity index is 801. The minimum Gasteiger partial charge on any atom is -0.493 e. The van der Waals surface area contributed by atoms with Gasteiger partial charge in [-0.15, -0.1) is 0 Å². The first-order chi connectivity index (χ1) is 11.0. The molecule has 3 rings (SSSR count). The monoisotopic (exact) mass is 333 g/mol. The normalized spacial score (nSPS) is 19.8. The van der Waals surface area contributed by atoms with Crippen LogP contribution in [0.2, 0.25) is 0 Å². The molecule has 2 aromatic rings. The van der Waals surface area contributed by atoms with Crippen LogP contribution in [0.15, 0.2) is 41.3 Å². The molecule has 0 spiro atoms. The predicted molar refractivity (Wildman–Crippen MR) is 92.3 cm³/mol. The van der Waals surface area contributed by atoms with Crippen molar-refractivity contribution >= 4 is 20.8 Å². The molecule has 4 nitrogen and oxygen atoms in total. The molecule has 1 heterocycles. The first kappa shape index (κ1) is 16.3. The maximum absolute atomic E-state index is 13.1. The second-order valence-electron chi connectivity index (χ2n) is 6.15. The fourth-order valence-corrected chi connectivity index (χ4v) is 5.05. The number of benzene rings is 2. The van der Waals surface area contributed by atoms with Crippen molar-refractivity contribution in [1.29, 1.82) is 0 Å². The quantitative estimate of drug-likeness (QED) is 0.858. The third-order valence-electron chi connectivity index (χ3n) is 4.38. The summed E-state index contributed by atoms with van der Waals surface area (Å²) in [6.07, 6.45) is 2.02. The zero-order chi connectivity index (χ0) is 16.4. The van der Waals surface area contributed by atoms with Crippen molar-refractivity contribution in [1.82, 2.24) is 4.31 Å². The van der Waals surface area contributed by atoms with E-state index in [0.29, 0.717) is 30.5 Å². The van der Waals surface area contributed by atoms with Gasteiger partial charge < -0.3 is 4.74 Å². The lowest BCUT2D eigenvalue weighted by Gasteiger charge is -2.30. The Kier molecular flexibility index (Phi) is 4.60. The second kappa shape index (κ2) is 6.49. The number of ether oxygens (including phenoxy) is 1. The molecular weight excluding hydrogens is 310 g/mol. The van der Waals surface area contributed by atoms with Gasteiger partial charge >= 0.3 is 0 Å². The number of rotatable bonds is 4. The van der Waals surface area contributed by atoms with E-state index in [1.807, 2.05) is 31.2 Å². The largest absolute Gasteiger partial charge is 0.493 e. The van der Waals surface area contributed by atoms with Gasteiger partial charge in [0.2, 0.25) is 10.0 Å². The molecule has 0 saturated carbocycles. The van der Waals surface area contributed by atoms with Crippen molar-refractivity contribution in [2.45, 2.75) is 31.6 Å². The van der Waals surface area contributed by atoms with Gasteiger partial charge in [-0.1, -0.05) is 31.2 Å². The summed E-state index contributed by atoms with van der Waals surface area (Å²) in [5.74, 6) is 1.14. The van der Waals surface area contributed by atoms with E-state index in [0.717, 1.165) is 29.4 Å². The topological polar surface area (TPSA) is 46.6 Å². The molecule has 1 aliphatic heterocycles. The van der Waals surface area contributed by atoms with E-state index in [2.05, 4.69) is 6.92 Å². The summed E-state index contributed by atoms with van der Waals surface area (Å²) in [7, 11) is -3.48. The van der Waals surface area contributed by atoms with Gasteiger partial charge in [0.05, 0.1) is 11.5 Å². The summed E-state index contributed by atoms with van der Waals surface area (Å²) in [6, 6.07) is 11.0. The van der Waals surface area contributed by atoms with Crippen LogP contribution in [0.3, 0.4) is 0 Å². The lowest BCUT2D eigenvalue weighted by Crippen LogP contribution is -2.39. The highest BCUT2D eigenvalue weighted by Gasteiger charge is 2.30. The van der Waals surface area contributed by atoms with Crippen LogP contribution in [0.5, 0.6) is 5.75 Å². The Hall–Kier alpha value is -1.59. The minimum atomic E-state index is -3.48. The van der Waals surface area contributed by atoms with E-state index in [9.17, 15) is 8.42 Å². The Balaban J connectivity index is 2.11. The molecule has 5 heteroatoms. The summed E-state index contributed by atoms with van der Waals surface area (Å²) >= 11 is 0. The molecule has 0 aliphatic carbocycles. The summed E-state index contributed by atoms with van der Waals surface area (Å²) in [5, 5.41) is 1.58. The zero-order valence-electron chi connectivity index (χ0n) is 13.7. The molecule has 2 aromatic carbocycles. The number of piperidine rings is 1. The zero-order valence-corrected chi connectivity index (χ0v) is 14.5. The molecule has 0 unspecified atom stereocenters. The standard InChI is InChI=1S/C18H23NO3S/c1-3-22-17-10-11-18(16-9-5-4-8-15(16)17)23(20,21)19-12-6-7-14(2)13-19/h4-5,8-11,14H,3,6-7,12-13H2,1-2H3/t14-/m0/s1. The second-order valence-corrected chi connectivity index (χ2v) is 8.06. The van der Waals surface area contributed by atoms with Crippen molar-refractivity contribution in [3.8, 4) is 5.75 Å². The Morgan fingerprint density at radius 3 is 2.61 bits per heavy atom. The number of hydrogen-bond acceptors (Lipinski definition) is 3. The molecule has 1 saturated heterocycles. The maximum atomic E-state index is 13.1. The molecule has 0 amide bonds. The highest BCUT2D eigenvalue weighted by Crippen LogP contribution is 2.33. The molecule has 0 N–H and O–H groups in total. The van der Waals surface area contributed by atoms with E-state index in [1.54, 1.807) is 16.4 Å². The number of nitrogens with zero attached hydrogens (tertiary/aromatic N) is 1. The smallest absolute Gasteiger partial charge is 0.243 e. The average molecular weight is 333 g/mol. The van der Waals surface area contributed by atoms with Crippen molar-refractivity contribution in [3.63, 3.8) is 0 Å². The first-order valence-electron chi connectivity index (χ1n) is 8.18. The summed E-state index contributed by atoms with van der Waals surface area (Å²) in [4.78, 5) is 0.380. The lowest BCUT2D eigenvalue weighted by molar-refractivity contribution is 0.281. The van der Waals surface area contributed by atoms with Gasteiger partial charge in [-0.05, 0) is 37.8 Å². The molecule has 0 bridgehead atoms. The third kappa shape index (κ3) is 3.08. The Morgan fingerprint density at radius 2 is 1.91 bits per heavy atom. The van der Waals surface area contributed by atoms with Crippen LogP contribution in [0.25, 0.3) is 10.8 Å². The fourth-order valence-electron chi connectivity index (χ4n) is 3.25. The lowest BCUT2D eigenvalue weighted by atomic mass is 10.0. The highest BCUT2D eigenvalue weighted by atomic mass is 32.2. The number of sulfonamides is 1. The molecule has 1 aliphatic rings. The van der Waals surface area contributed by atoms with Gasteiger partial charge in [0.15, 0.2) is 0 Å². The molecule has 0 aromatic heterocycles. The fraction of sp³-hybridized carbons (Fsp3) is 0.444. The first-order valence-corrected chi connectivity index (χ1v) is 9.62. The van der Waals surface area contributed by atoms with Gasteiger partial charge in [-0.2, -0.15) is 4.31 Å². The van der Waals surface area contributed by atoms with E-state index < -0.39 is 10.0 Å². The van der Waals surface area contributed by atoms with Crippen LogP contribution < -0.4 is 4.74 Å². The van der Waals surface area contributed by atoms with Crippen molar-refractivity contribution in [2.75, 3.05) is 19.7 Å². The van der Waals surface area contributed by atoms with Crippen LogP contribution in [-0.4, -0.2) is 32.4 Å². The number of hydrogen-bond donors (Lipinski definition) is 0. The third-order valence-corrected chi connectivity index (χ3v) is 6.30. The van der Waals surface area contributed by atoms with Gasteiger partial charge in [-0.3, -0.25) is 0 Å². The van der Waals surface area contributed by atoms with Crippen LogP contribution in [0.1, 0.15) is 26.7 Å². The molecule has 1 fully saturated rings. The Morgan fingerprint density at radius 1 is 1.17 bits per heavy atom. The van der Waals surface area contributed by atoms with Crippen molar-refractivity contribution in [2.24, 2.45) is 5.92 Å². The maximum Gasteiger partial charge on any atom is 0.243 e. The summed E-state index contributed by atoms with van der Waals surface area (Å²) in [5.41, 5.74) is 0. The van der Waals surface area contributed by atoms with Crippen molar-refractivity contribution < 1.29 is 13.2 Å². The Labute approximate surface area is 138 Å². The molecular formula is C18H23NO3S. The van der Waals surface area contributed by atoms with Gasteiger partial charge in [-0.25, -0.2) is 8.42 Å².